The van der Waals surface area contributed by atoms with Gasteiger partial charge in [0.1, 0.15) is 35.6 Å². The number of likely N-dealkylation sites (tertiary alicyclic amines) is 1. The topological polar surface area (TPSA) is 116 Å². The molecule has 0 bridgehead atoms. The summed E-state index contributed by atoms with van der Waals surface area (Å²) in [6.45, 7) is 0.821. The Hall–Kier alpha value is -4.72. The van der Waals surface area contributed by atoms with Crippen LogP contribution in [0.25, 0.3) is 28.4 Å². The van der Waals surface area contributed by atoms with Crippen LogP contribution in [0.3, 0.4) is 0 Å². The first-order valence-electron chi connectivity index (χ1n) is 11.6. The average molecular weight is 501 g/mol. The van der Waals surface area contributed by atoms with E-state index in [0.717, 1.165) is 0 Å². The molecule has 1 aromatic carbocycles. The number of fused-ring (bicyclic) bond motifs is 1. The van der Waals surface area contributed by atoms with Crippen LogP contribution in [0.15, 0.2) is 48.8 Å². The van der Waals surface area contributed by atoms with Crippen LogP contribution in [0.1, 0.15) is 29.6 Å². The van der Waals surface area contributed by atoms with Crippen molar-refractivity contribution in [3.63, 3.8) is 0 Å². The summed E-state index contributed by atoms with van der Waals surface area (Å²) >= 11 is 0. The average Bonchev–Trinajstić information content (AvgIpc) is 3.33. The number of carbonyl (C=O) groups is 2. The van der Waals surface area contributed by atoms with Crippen molar-refractivity contribution >= 4 is 23.7 Å². The third-order valence-electron chi connectivity index (χ3n) is 6.22. The molecule has 1 atom stereocenters. The van der Waals surface area contributed by atoms with Gasteiger partial charge in [0.05, 0.1) is 12.3 Å². The normalized spacial score (nSPS) is 15.4. The molecule has 37 heavy (non-hydrogen) atoms. The summed E-state index contributed by atoms with van der Waals surface area (Å²) in [5.74, 6) is -1.43. The van der Waals surface area contributed by atoms with Gasteiger partial charge >= 0.3 is 0 Å². The highest BCUT2D eigenvalue weighted by Gasteiger charge is 2.26. The summed E-state index contributed by atoms with van der Waals surface area (Å²) in [5.41, 5.74) is 1.67. The van der Waals surface area contributed by atoms with Crippen molar-refractivity contribution in [3.8, 4) is 28.8 Å². The number of halogens is 2. The molecule has 0 spiro atoms. The van der Waals surface area contributed by atoms with E-state index in [1.54, 1.807) is 29.2 Å². The monoisotopic (exact) mass is 501 g/mol. The van der Waals surface area contributed by atoms with Crippen LogP contribution in [0.2, 0.25) is 0 Å². The van der Waals surface area contributed by atoms with Crippen LogP contribution < -0.4 is 5.32 Å². The van der Waals surface area contributed by atoms with Crippen LogP contribution in [0, 0.1) is 23.0 Å². The molecule has 3 aromatic heterocycles. The lowest BCUT2D eigenvalue weighted by molar-refractivity contribution is -0.131. The number of hydrogen-bond acceptors (Lipinski definition) is 7. The number of benzene rings is 1. The van der Waals surface area contributed by atoms with Crippen LogP contribution >= 0.6 is 0 Å². The van der Waals surface area contributed by atoms with Crippen molar-refractivity contribution in [2.75, 3.05) is 18.4 Å². The first kappa shape index (κ1) is 24.0. The fourth-order valence-electron chi connectivity index (χ4n) is 4.38. The molecule has 0 saturated carbocycles. The van der Waals surface area contributed by atoms with Crippen molar-refractivity contribution in [2.45, 2.75) is 25.3 Å². The molecular weight excluding hydrogens is 480 g/mol. The summed E-state index contributed by atoms with van der Waals surface area (Å²) in [5, 5.41) is 12.0. The molecule has 9 nitrogen and oxygen atoms in total. The van der Waals surface area contributed by atoms with Gasteiger partial charge in [-0.2, -0.15) is 5.26 Å². The minimum Gasteiger partial charge on any atom is -0.363 e. The molecular formula is C26H21F2N7O2. The van der Waals surface area contributed by atoms with Crippen molar-refractivity contribution in [2.24, 2.45) is 0 Å². The molecule has 4 heterocycles. The maximum Gasteiger partial charge on any atom is 0.236 e. The number of rotatable bonds is 6. The smallest absolute Gasteiger partial charge is 0.236 e. The van der Waals surface area contributed by atoms with E-state index < -0.39 is 11.6 Å². The Morgan fingerprint density at radius 3 is 2.76 bits per heavy atom. The van der Waals surface area contributed by atoms with E-state index in [0.29, 0.717) is 54.7 Å². The number of nitrogens with one attached hydrogen (secondary N) is 1. The Morgan fingerprint density at radius 1 is 1.19 bits per heavy atom. The second-order valence-electron chi connectivity index (χ2n) is 8.68. The Morgan fingerprint density at radius 2 is 2.00 bits per heavy atom. The first-order chi connectivity index (χ1) is 18.0. The number of pyridine rings is 1. The molecule has 0 radical (unpaired) electrons. The molecule has 1 aliphatic rings. The molecule has 1 saturated heterocycles. The van der Waals surface area contributed by atoms with E-state index in [1.165, 1.54) is 28.9 Å². The van der Waals surface area contributed by atoms with Gasteiger partial charge in [0, 0.05) is 36.5 Å². The number of anilines is 1. The fraction of sp³-hybridized carbons (Fsp3) is 0.231. The second kappa shape index (κ2) is 10.1. The molecule has 1 amide bonds. The van der Waals surface area contributed by atoms with Gasteiger partial charge in [-0.1, -0.05) is 24.3 Å². The minimum absolute atomic E-state index is 0.00970. The predicted molar refractivity (Wildman–Crippen MR) is 130 cm³/mol. The molecule has 1 aliphatic heterocycles. The first-order valence-corrected chi connectivity index (χ1v) is 11.6. The molecule has 1 fully saturated rings. The maximum absolute atomic E-state index is 15.8. The van der Waals surface area contributed by atoms with E-state index in [1.807, 2.05) is 6.07 Å². The van der Waals surface area contributed by atoms with E-state index in [-0.39, 0.29) is 35.7 Å². The Labute approximate surface area is 210 Å². The zero-order valence-electron chi connectivity index (χ0n) is 19.6. The molecule has 11 heteroatoms. The lowest BCUT2D eigenvalue weighted by atomic mass is 10.0. The zero-order chi connectivity index (χ0) is 25.9. The van der Waals surface area contributed by atoms with Crippen LogP contribution in [-0.2, 0) is 4.79 Å². The number of imidazole rings is 1. The highest BCUT2D eigenvalue weighted by atomic mass is 19.1. The maximum atomic E-state index is 15.8. The summed E-state index contributed by atoms with van der Waals surface area (Å²) < 4.78 is 31.3. The number of carbonyl (C=O) groups excluding carboxylic acids is 2. The van der Waals surface area contributed by atoms with Gasteiger partial charge in [-0.05, 0) is 25.0 Å². The SMILES string of the molecule is N#CCC(=O)N1CCC[C@@H](Nc2nc(-c3cnc4ccc(F)cn34)nc(-c3ccc(C=O)cc3)c2F)C1. The number of piperidine rings is 1. The third-order valence-corrected chi connectivity index (χ3v) is 6.22. The van der Waals surface area contributed by atoms with Crippen molar-refractivity contribution in [1.29, 1.82) is 5.26 Å². The van der Waals surface area contributed by atoms with Gasteiger partial charge in [0.15, 0.2) is 17.5 Å². The van der Waals surface area contributed by atoms with Crippen molar-refractivity contribution in [3.05, 3.63) is 66.0 Å². The largest absolute Gasteiger partial charge is 0.363 e. The van der Waals surface area contributed by atoms with Gasteiger partial charge in [-0.3, -0.25) is 14.0 Å². The van der Waals surface area contributed by atoms with E-state index >= 15 is 4.39 Å². The van der Waals surface area contributed by atoms with Gasteiger partial charge in [0.2, 0.25) is 5.91 Å². The van der Waals surface area contributed by atoms with Gasteiger partial charge in [-0.15, -0.1) is 0 Å². The van der Waals surface area contributed by atoms with Crippen molar-refractivity contribution < 1.29 is 18.4 Å². The summed E-state index contributed by atoms with van der Waals surface area (Å²) in [7, 11) is 0. The predicted octanol–water partition coefficient (Wildman–Crippen LogP) is 3.87. The Kier molecular flexibility index (Phi) is 6.55. The van der Waals surface area contributed by atoms with Gasteiger partial charge < -0.3 is 10.2 Å². The van der Waals surface area contributed by atoms with Crippen LogP contribution in [-0.4, -0.2) is 55.6 Å². The molecule has 5 rings (SSSR count). The van der Waals surface area contributed by atoms with Crippen molar-refractivity contribution in [1.82, 2.24) is 24.3 Å². The van der Waals surface area contributed by atoms with Gasteiger partial charge in [0.25, 0.3) is 0 Å². The highest BCUT2D eigenvalue weighted by Crippen LogP contribution is 2.30. The summed E-state index contributed by atoms with van der Waals surface area (Å²) in [6, 6.07) is 10.6. The Balaban J connectivity index is 1.57. The van der Waals surface area contributed by atoms with E-state index in [2.05, 4.69) is 20.3 Å². The summed E-state index contributed by atoms with van der Waals surface area (Å²) in [4.78, 5) is 38.0. The number of aldehydes is 1. The second-order valence-corrected chi connectivity index (χ2v) is 8.68. The minimum atomic E-state index is -0.705. The molecule has 4 aromatic rings. The van der Waals surface area contributed by atoms with Crippen LogP contribution in [0.4, 0.5) is 14.6 Å². The molecule has 0 aliphatic carbocycles. The molecule has 0 unspecified atom stereocenters. The standard InChI is InChI=1S/C26H21F2N7O2/c27-18-7-8-21-30-12-20(35(21)13-18)25-32-24(17-5-3-16(15-36)4-6-17)23(28)26(33-25)31-19-2-1-11-34(14-19)22(37)9-10-29/h3-8,12-13,15,19H,1-2,9,11,14H2,(H,31,32,33)/t19-/m1/s1. The number of amides is 1. The van der Waals surface area contributed by atoms with Gasteiger partial charge in [-0.25, -0.2) is 23.7 Å². The molecule has 186 valence electrons. The van der Waals surface area contributed by atoms with E-state index in [4.69, 9.17) is 5.26 Å². The summed E-state index contributed by atoms with van der Waals surface area (Å²) in [6.07, 6.45) is 4.54. The quantitative estimate of drug-likeness (QED) is 0.399. The lowest BCUT2D eigenvalue weighted by Crippen LogP contribution is -2.45. The number of hydrogen-bond donors (Lipinski definition) is 1. The number of nitriles is 1. The molecule has 1 N–H and O–H groups in total. The fourth-order valence-corrected chi connectivity index (χ4v) is 4.38. The van der Waals surface area contributed by atoms with Crippen LogP contribution in [0.5, 0.6) is 0 Å². The Bertz CT molecular complexity index is 1530. The zero-order valence-corrected chi connectivity index (χ0v) is 19.6. The number of aromatic nitrogens is 4. The lowest BCUT2D eigenvalue weighted by Gasteiger charge is -2.33. The highest BCUT2D eigenvalue weighted by molar-refractivity contribution is 5.79. The number of nitrogens with zero attached hydrogens (tertiary/aromatic N) is 6. The third kappa shape index (κ3) is 4.86. The van der Waals surface area contributed by atoms with E-state index in [9.17, 15) is 14.0 Å².